The maximum atomic E-state index is 12.1. The molecule has 1 N–H and O–H groups in total. The van der Waals surface area contributed by atoms with Crippen LogP contribution in [0.5, 0.6) is 0 Å². The third kappa shape index (κ3) is 4.48. The number of nitrogens with one attached hydrogen (secondary N) is 1. The van der Waals surface area contributed by atoms with E-state index in [2.05, 4.69) is 5.32 Å². The fourth-order valence-electron chi connectivity index (χ4n) is 2.91. The van der Waals surface area contributed by atoms with Crippen LogP contribution in [0.4, 0.5) is 0 Å². The van der Waals surface area contributed by atoms with Gasteiger partial charge in [0, 0.05) is 0 Å². The summed E-state index contributed by atoms with van der Waals surface area (Å²) < 4.78 is 5.14. The van der Waals surface area contributed by atoms with Crippen LogP contribution in [0.25, 0.3) is 10.8 Å². The minimum Gasteiger partial charge on any atom is -0.455 e. The summed E-state index contributed by atoms with van der Waals surface area (Å²) >= 11 is 0. The highest BCUT2D eigenvalue weighted by atomic mass is 16.5. The Bertz CT molecular complexity index is 900. The largest absolute Gasteiger partial charge is 0.455 e. The zero-order valence-electron chi connectivity index (χ0n) is 14.6. The van der Waals surface area contributed by atoms with E-state index in [4.69, 9.17) is 4.74 Å². The zero-order valence-corrected chi connectivity index (χ0v) is 14.6. The van der Waals surface area contributed by atoms with E-state index in [-0.39, 0.29) is 25.0 Å². The van der Waals surface area contributed by atoms with Crippen LogP contribution in [0.2, 0.25) is 0 Å². The maximum Gasteiger partial charge on any atom is 0.310 e. The van der Waals surface area contributed by atoms with Crippen molar-refractivity contribution in [2.75, 3.05) is 6.61 Å². The van der Waals surface area contributed by atoms with Crippen molar-refractivity contribution < 1.29 is 14.3 Å². The molecule has 0 radical (unpaired) electrons. The molecule has 0 aromatic heterocycles. The lowest BCUT2D eigenvalue weighted by atomic mass is 10.0. The number of fused-ring (bicyclic) bond motifs is 1. The van der Waals surface area contributed by atoms with Crippen molar-refractivity contribution in [3.8, 4) is 0 Å². The van der Waals surface area contributed by atoms with E-state index in [1.807, 2.05) is 79.7 Å². The van der Waals surface area contributed by atoms with Crippen LogP contribution in [-0.4, -0.2) is 18.5 Å². The Hall–Kier alpha value is -3.14. The van der Waals surface area contributed by atoms with Crippen LogP contribution in [0.15, 0.2) is 72.8 Å². The lowest BCUT2D eigenvalue weighted by molar-refractivity contribution is -0.148. The van der Waals surface area contributed by atoms with Crippen molar-refractivity contribution in [1.82, 2.24) is 5.32 Å². The van der Waals surface area contributed by atoms with Crippen molar-refractivity contribution in [1.29, 1.82) is 0 Å². The van der Waals surface area contributed by atoms with E-state index in [0.29, 0.717) is 0 Å². The number of ether oxygens (including phenoxy) is 1. The molecule has 3 aromatic rings. The molecule has 26 heavy (non-hydrogen) atoms. The Balaban J connectivity index is 1.53. The summed E-state index contributed by atoms with van der Waals surface area (Å²) in [5, 5.41) is 4.93. The number of amides is 1. The molecule has 1 amide bonds. The summed E-state index contributed by atoms with van der Waals surface area (Å²) in [6.45, 7) is 1.62. The van der Waals surface area contributed by atoms with Gasteiger partial charge < -0.3 is 10.1 Å². The molecule has 0 saturated carbocycles. The summed E-state index contributed by atoms with van der Waals surface area (Å²) in [6, 6.07) is 23.2. The third-order valence-electron chi connectivity index (χ3n) is 4.26. The van der Waals surface area contributed by atoms with Gasteiger partial charge in [-0.25, -0.2) is 0 Å². The molecule has 0 spiro atoms. The van der Waals surface area contributed by atoms with Gasteiger partial charge in [-0.1, -0.05) is 72.8 Å². The second kappa shape index (κ2) is 8.30. The van der Waals surface area contributed by atoms with Crippen molar-refractivity contribution in [2.24, 2.45) is 0 Å². The average molecular weight is 347 g/mol. The number of hydrogen-bond acceptors (Lipinski definition) is 3. The molecule has 4 nitrogen and oxygen atoms in total. The number of benzene rings is 3. The van der Waals surface area contributed by atoms with Crippen LogP contribution < -0.4 is 5.32 Å². The molecule has 0 bridgehead atoms. The van der Waals surface area contributed by atoms with Gasteiger partial charge in [-0.05, 0) is 28.8 Å². The van der Waals surface area contributed by atoms with Gasteiger partial charge in [-0.15, -0.1) is 0 Å². The topological polar surface area (TPSA) is 55.4 Å². The summed E-state index contributed by atoms with van der Waals surface area (Å²) in [4.78, 5) is 24.1. The van der Waals surface area contributed by atoms with E-state index >= 15 is 0 Å². The Morgan fingerprint density at radius 3 is 2.42 bits per heavy atom. The highest BCUT2D eigenvalue weighted by Crippen LogP contribution is 2.19. The van der Waals surface area contributed by atoms with Gasteiger partial charge in [0.25, 0.3) is 5.91 Å². The molecule has 3 aromatic carbocycles. The molecule has 0 fully saturated rings. The molecule has 0 heterocycles. The molecule has 132 valence electrons. The molecule has 0 aliphatic carbocycles. The molecule has 0 saturated heterocycles. The normalized spacial score (nSPS) is 11.7. The molecule has 0 aliphatic rings. The summed E-state index contributed by atoms with van der Waals surface area (Å²) in [5.74, 6) is -0.725. The maximum absolute atomic E-state index is 12.1. The first-order chi connectivity index (χ1) is 12.6. The second-order valence-electron chi connectivity index (χ2n) is 6.18. The number of hydrogen-bond donors (Lipinski definition) is 1. The quantitative estimate of drug-likeness (QED) is 0.690. The van der Waals surface area contributed by atoms with Crippen molar-refractivity contribution >= 4 is 22.6 Å². The van der Waals surface area contributed by atoms with Crippen molar-refractivity contribution in [3.05, 3.63) is 83.9 Å². The lowest BCUT2D eigenvalue weighted by Gasteiger charge is -2.14. The molecule has 1 atom stereocenters. The van der Waals surface area contributed by atoms with E-state index in [0.717, 1.165) is 21.9 Å². The van der Waals surface area contributed by atoms with Crippen molar-refractivity contribution in [2.45, 2.75) is 19.4 Å². The summed E-state index contributed by atoms with van der Waals surface area (Å²) in [5.41, 5.74) is 1.90. The van der Waals surface area contributed by atoms with Gasteiger partial charge in [0.05, 0.1) is 12.5 Å². The third-order valence-corrected chi connectivity index (χ3v) is 4.26. The standard InChI is InChI=1S/C22H21NO3/c1-16(17-8-3-2-4-9-17)23-21(24)15-26-22(25)14-19-12-7-11-18-10-5-6-13-20(18)19/h2-13,16H,14-15H2,1H3,(H,23,24)/t16-/m1/s1. The Kier molecular flexibility index (Phi) is 5.64. The fraction of sp³-hybridized carbons (Fsp3) is 0.182. The van der Waals surface area contributed by atoms with Crippen molar-refractivity contribution in [3.63, 3.8) is 0 Å². The fourth-order valence-corrected chi connectivity index (χ4v) is 2.91. The summed E-state index contributed by atoms with van der Waals surface area (Å²) in [6.07, 6.45) is 0.142. The molecule has 0 aliphatic heterocycles. The average Bonchev–Trinajstić information content (AvgIpc) is 2.67. The Morgan fingerprint density at radius 1 is 0.923 bits per heavy atom. The van der Waals surface area contributed by atoms with E-state index in [1.165, 1.54) is 0 Å². The monoisotopic (exact) mass is 347 g/mol. The van der Waals surface area contributed by atoms with Crippen LogP contribution >= 0.6 is 0 Å². The van der Waals surface area contributed by atoms with E-state index in [1.54, 1.807) is 0 Å². The van der Waals surface area contributed by atoms with Crippen LogP contribution in [0, 0.1) is 0 Å². The molecule has 3 rings (SSSR count). The van der Waals surface area contributed by atoms with Gasteiger partial charge >= 0.3 is 5.97 Å². The smallest absolute Gasteiger partial charge is 0.310 e. The minimum atomic E-state index is -0.413. The van der Waals surface area contributed by atoms with Gasteiger partial charge in [0.15, 0.2) is 6.61 Å². The van der Waals surface area contributed by atoms with Crippen LogP contribution in [0.3, 0.4) is 0 Å². The second-order valence-corrected chi connectivity index (χ2v) is 6.18. The highest BCUT2D eigenvalue weighted by Gasteiger charge is 2.13. The minimum absolute atomic E-state index is 0.138. The highest BCUT2D eigenvalue weighted by molar-refractivity contribution is 5.89. The van der Waals surface area contributed by atoms with Crippen LogP contribution in [0.1, 0.15) is 24.1 Å². The summed E-state index contributed by atoms with van der Waals surface area (Å²) in [7, 11) is 0. The first-order valence-electron chi connectivity index (χ1n) is 8.60. The molecular formula is C22H21NO3. The van der Waals surface area contributed by atoms with E-state index < -0.39 is 5.97 Å². The van der Waals surface area contributed by atoms with Gasteiger partial charge in [0.2, 0.25) is 0 Å². The SMILES string of the molecule is C[C@@H](NC(=O)COC(=O)Cc1cccc2ccccc12)c1ccccc1. The Labute approximate surface area is 152 Å². The number of esters is 1. The molecule has 4 heteroatoms. The van der Waals surface area contributed by atoms with Gasteiger partial charge in [-0.2, -0.15) is 0 Å². The number of rotatable bonds is 6. The predicted octanol–water partition coefficient (Wildman–Crippen LogP) is 3.80. The van der Waals surface area contributed by atoms with Crippen LogP contribution in [-0.2, 0) is 20.7 Å². The molecular weight excluding hydrogens is 326 g/mol. The predicted molar refractivity (Wildman–Crippen MR) is 102 cm³/mol. The number of carbonyl (C=O) groups excluding carboxylic acids is 2. The van der Waals surface area contributed by atoms with Gasteiger partial charge in [0.1, 0.15) is 0 Å². The van der Waals surface area contributed by atoms with E-state index in [9.17, 15) is 9.59 Å². The lowest BCUT2D eigenvalue weighted by Crippen LogP contribution is -2.31. The number of carbonyl (C=O) groups is 2. The van der Waals surface area contributed by atoms with Gasteiger partial charge in [-0.3, -0.25) is 9.59 Å². The first-order valence-corrected chi connectivity index (χ1v) is 8.60. The Morgan fingerprint density at radius 2 is 1.62 bits per heavy atom. The molecule has 0 unspecified atom stereocenters. The first kappa shape index (κ1) is 17.7. The zero-order chi connectivity index (χ0) is 18.4.